The lowest BCUT2D eigenvalue weighted by Crippen LogP contribution is -2.29. The van der Waals surface area contributed by atoms with Crippen LogP contribution in [0.4, 0.5) is 0 Å². The molecule has 1 unspecified atom stereocenters. The summed E-state index contributed by atoms with van der Waals surface area (Å²) in [6.45, 7) is 2.06. The monoisotopic (exact) mass is 264 g/mol. The first-order valence-corrected chi connectivity index (χ1v) is 6.52. The van der Waals surface area contributed by atoms with Crippen molar-refractivity contribution in [3.63, 3.8) is 0 Å². The van der Waals surface area contributed by atoms with Crippen LogP contribution in [0.25, 0.3) is 11.0 Å². The number of hydrogen-bond donors (Lipinski definition) is 2. The number of benzene rings is 2. The normalized spacial score (nSPS) is 12.5. The Morgan fingerprint density at radius 2 is 1.85 bits per heavy atom. The van der Waals surface area contributed by atoms with Crippen molar-refractivity contribution in [1.29, 1.82) is 0 Å². The first-order chi connectivity index (χ1) is 9.78. The summed E-state index contributed by atoms with van der Waals surface area (Å²) in [5.74, 6) is 5.71. The number of hydrogen-bond acceptors (Lipinski definition) is 4. The first-order valence-electron chi connectivity index (χ1n) is 6.52. The Kier molecular flexibility index (Phi) is 3.41. The van der Waals surface area contributed by atoms with Gasteiger partial charge >= 0.3 is 0 Å². The molecule has 4 nitrogen and oxygen atoms in total. The molecule has 20 heavy (non-hydrogen) atoms. The molecular formula is C16H16N4. The van der Waals surface area contributed by atoms with E-state index in [0.717, 1.165) is 22.3 Å². The van der Waals surface area contributed by atoms with Crippen LogP contribution < -0.4 is 11.3 Å². The van der Waals surface area contributed by atoms with Gasteiger partial charge in [0, 0.05) is 0 Å². The van der Waals surface area contributed by atoms with Crippen molar-refractivity contribution < 1.29 is 0 Å². The zero-order valence-electron chi connectivity index (χ0n) is 11.2. The predicted molar refractivity (Wildman–Crippen MR) is 79.9 cm³/mol. The lowest BCUT2D eigenvalue weighted by molar-refractivity contribution is 0.620. The Morgan fingerprint density at radius 1 is 1.05 bits per heavy atom. The minimum atomic E-state index is -0.160. The van der Waals surface area contributed by atoms with E-state index in [1.165, 1.54) is 5.56 Å². The number of aryl methyl sites for hydroxylation is 1. The van der Waals surface area contributed by atoms with Gasteiger partial charge in [0.1, 0.15) is 0 Å². The summed E-state index contributed by atoms with van der Waals surface area (Å²) in [6, 6.07) is 15.9. The van der Waals surface area contributed by atoms with Crippen molar-refractivity contribution in [2.45, 2.75) is 13.0 Å². The molecule has 0 saturated carbocycles. The maximum atomic E-state index is 5.71. The van der Waals surface area contributed by atoms with Crippen molar-refractivity contribution in [2.24, 2.45) is 5.84 Å². The van der Waals surface area contributed by atoms with E-state index in [2.05, 4.69) is 34.5 Å². The third-order valence-corrected chi connectivity index (χ3v) is 3.31. The van der Waals surface area contributed by atoms with Crippen LogP contribution in [0, 0.1) is 6.92 Å². The minimum absolute atomic E-state index is 0.160. The molecule has 0 amide bonds. The van der Waals surface area contributed by atoms with Crippen LogP contribution in [0.1, 0.15) is 22.9 Å². The quantitative estimate of drug-likeness (QED) is 0.563. The Balaban J connectivity index is 2.07. The Bertz CT molecular complexity index is 739. The van der Waals surface area contributed by atoms with Crippen molar-refractivity contribution in [2.75, 3.05) is 0 Å². The molecule has 0 aliphatic rings. The molecule has 0 radical (unpaired) electrons. The topological polar surface area (TPSA) is 63.8 Å². The van der Waals surface area contributed by atoms with Gasteiger partial charge in [-0.25, -0.2) is 10.4 Å². The second-order valence-corrected chi connectivity index (χ2v) is 4.80. The molecular weight excluding hydrogens is 248 g/mol. The SMILES string of the molecule is Cc1cccc(C(NN)c2cnc3ccccc3n2)c1. The molecule has 0 bridgehead atoms. The third kappa shape index (κ3) is 2.39. The van der Waals surface area contributed by atoms with Crippen molar-refractivity contribution in [1.82, 2.24) is 15.4 Å². The molecule has 3 aromatic rings. The highest BCUT2D eigenvalue weighted by molar-refractivity contribution is 5.73. The summed E-state index contributed by atoms with van der Waals surface area (Å²) < 4.78 is 0. The minimum Gasteiger partial charge on any atom is -0.271 e. The Morgan fingerprint density at radius 3 is 2.60 bits per heavy atom. The highest BCUT2D eigenvalue weighted by Gasteiger charge is 2.14. The molecule has 0 aliphatic heterocycles. The van der Waals surface area contributed by atoms with Gasteiger partial charge in [-0.05, 0) is 24.6 Å². The van der Waals surface area contributed by atoms with Crippen LogP contribution in [-0.4, -0.2) is 9.97 Å². The second-order valence-electron chi connectivity index (χ2n) is 4.80. The molecule has 0 spiro atoms. The zero-order chi connectivity index (χ0) is 13.9. The van der Waals surface area contributed by atoms with Gasteiger partial charge in [-0.1, -0.05) is 42.0 Å². The zero-order valence-corrected chi connectivity index (χ0v) is 11.2. The van der Waals surface area contributed by atoms with Crippen LogP contribution in [0.2, 0.25) is 0 Å². The van der Waals surface area contributed by atoms with Crippen LogP contribution in [0.3, 0.4) is 0 Å². The third-order valence-electron chi connectivity index (χ3n) is 3.31. The van der Waals surface area contributed by atoms with Gasteiger partial charge in [0.05, 0.1) is 29.0 Å². The van der Waals surface area contributed by atoms with E-state index >= 15 is 0 Å². The first kappa shape index (κ1) is 12.7. The molecule has 1 heterocycles. The van der Waals surface area contributed by atoms with Gasteiger partial charge in [0.2, 0.25) is 0 Å². The van der Waals surface area contributed by atoms with Gasteiger partial charge in [0.25, 0.3) is 0 Å². The summed E-state index contributed by atoms with van der Waals surface area (Å²) in [6.07, 6.45) is 1.77. The van der Waals surface area contributed by atoms with Gasteiger partial charge < -0.3 is 0 Å². The summed E-state index contributed by atoms with van der Waals surface area (Å²) in [4.78, 5) is 9.09. The number of nitrogens with two attached hydrogens (primary N) is 1. The summed E-state index contributed by atoms with van der Waals surface area (Å²) in [5.41, 5.74) is 7.67. The Hall–Kier alpha value is -2.30. The van der Waals surface area contributed by atoms with Gasteiger partial charge in [-0.3, -0.25) is 10.8 Å². The van der Waals surface area contributed by atoms with E-state index in [0.29, 0.717) is 0 Å². The fourth-order valence-corrected chi connectivity index (χ4v) is 2.31. The molecule has 1 aromatic heterocycles. The highest BCUT2D eigenvalue weighted by atomic mass is 15.2. The molecule has 3 N–H and O–H groups in total. The maximum absolute atomic E-state index is 5.71. The number of hydrazine groups is 1. The second kappa shape index (κ2) is 5.36. The molecule has 4 heteroatoms. The standard InChI is InChI=1S/C16H16N4/c1-11-5-4-6-12(9-11)16(20-17)15-10-18-13-7-2-3-8-14(13)19-15/h2-10,16,20H,17H2,1H3. The summed E-state index contributed by atoms with van der Waals surface area (Å²) in [5, 5.41) is 0. The van der Waals surface area contributed by atoms with Crippen LogP contribution in [0.15, 0.2) is 54.7 Å². The summed E-state index contributed by atoms with van der Waals surface area (Å²) in [7, 11) is 0. The predicted octanol–water partition coefficient (Wildman–Crippen LogP) is 2.49. The molecule has 1 atom stereocenters. The molecule has 3 rings (SSSR count). The van der Waals surface area contributed by atoms with Crippen LogP contribution >= 0.6 is 0 Å². The van der Waals surface area contributed by atoms with Gasteiger partial charge in [0.15, 0.2) is 0 Å². The fourth-order valence-electron chi connectivity index (χ4n) is 2.31. The van der Waals surface area contributed by atoms with Crippen LogP contribution in [-0.2, 0) is 0 Å². The molecule has 0 aliphatic carbocycles. The van der Waals surface area contributed by atoms with Crippen LogP contribution in [0.5, 0.6) is 0 Å². The maximum Gasteiger partial charge on any atom is 0.0897 e. The molecule has 0 saturated heterocycles. The largest absolute Gasteiger partial charge is 0.271 e. The van der Waals surface area contributed by atoms with Crippen molar-refractivity contribution in [3.05, 3.63) is 71.5 Å². The van der Waals surface area contributed by atoms with Gasteiger partial charge in [-0.2, -0.15) is 0 Å². The lowest BCUT2D eigenvalue weighted by Gasteiger charge is -2.16. The van der Waals surface area contributed by atoms with Gasteiger partial charge in [-0.15, -0.1) is 0 Å². The van der Waals surface area contributed by atoms with E-state index < -0.39 is 0 Å². The van der Waals surface area contributed by atoms with E-state index in [1.54, 1.807) is 6.20 Å². The van der Waals surface area contributed by atoms with E-state index in [9.17, 15) is 0 Å². The molecule has 0 fully saturated rings. The number of fused-ring (bicyclic) bond motifs is 1. The van der Waals surface area contributed by atoms with E-state index in [4.69, 9.17) is 5.84 Å². The average Bonchev–Trinajstić information content (AvgIpc) is 2.48. The van der Waals surface area contributed by atoms with Crippen molar-refractivity contribution in [3.8, 4) is 0 Å². The fraction of sp³-hybridized carbons (Fsp3) is 0.125. The molecule has 100 valence electrons. The summed E-state index contributed by atoms with van der Waals surface area (Å²) >= 11 is 0. The van der Waals surface area contributed by atoms with Crippen molar-refractivity contribution >= 4 is 11.0 Å². The van der Waals surface area contributed by atoms with E-state index in [1.807, 2.05) is 36.4 Å². The number of aromatic nitrogens is 2. The smallest absolute Gasteiger partial charge is 0.0897 e. The lowest BCUT2D eigenvalue weighted by atomic mass is 10.0. The Labute approximate surface area is 117 Å². The molecule has 2 aromatic carbocycles. The highest BCUT2D eigenvalue weighted by Crippen LogP contribution is 2.21. The van der Waals surface area contributed by atoms with E-state index in [-0.39, 0.29) is 6.04 Å². The average molecular weight is 264 g/mol. The number of nitrogens with one attached hydrogen (secondary N) is 1. The number of nitrogens with zero attached hydrogens (tertiary/aromatic N) is 2. The number of rotatable bonds is 3. The number of para-hydroxylation sites is 2.